The third-order valence-corrected chi connectivity index (χ3v) is 4.70. The summed E-state index contributed by atoms with van der Waals surface area (Å²) in [5.41, 5.74) is 2.25. The Morgan fingerprint density at radius 3 is 2.84 bits per heavy atom. The number of halogens is 1. The van der Waals surface area contributed by atoms with E-state index < -0.39 is 6.10 Å². The fourth-order valence-corrected chi connectivity index (χ4v) is 3.71. The Kier molecular flexibility index (Phi) is 5.28. The molecule has 1 aromatic carbocycles. The van der Waals surface area contributed by atoms with E-state index in [1.165, 1.54) is 37.8 Å². The Labute approximate surface area is 124 Å². The van der Waals surface area contributed by atoms with Crippen LogP contribution >= 0.6 is 15.9 Å². The van der Waals surface area contributed by atoms with Crippen LogP contribution in [-0.4, -0.2) is 17.7 Å². The average Bonchev–Trinajstić information content (AvgIpc) is 2.39. The van der Waals surface area contributed by atoms with Crippen LogP contribution in [-0.2, 0) is 0 Å². The van der Waals surface area contributed by atoms with E-state index in [1.807, 2.05) is 6.07 Å². The van der Waals surface area contributed by atoms with Gasteiger partial charge in [-0.05, 0) is 50.3 Å². The molecule has 0 amide bonds. The molecule has 2 atom stereocenters. The monoisotopic (exact) mass is 325 g/mol. The van der Waals surface area contributed by atoms with Gasteiger partial charge in [-0.25, -0.2) is 0 Å². The lowest BCUT2D eigenvalue weighted by Crippen LogP contribution is -2.39. The van der Waals surface area contributed by atoms with Gasteiger partial charge in [0, 0.05) is 22.7 Å². The molecule has 1 aliphatic rings. The summed E-state index contributed by atoms with van der Waals surface area (Å²) in [5.74, 6) is 0. The maximum atomic E-state index is 9.70. The molecule has 0 spiro atoms. The van der Waals surface area contributed by atoms with Crippen LogP contribution in [0, 0.1) is 0 Å². The summed E-state index contributed by atoms with van der Waals surface area (Å²) in [4.78, 5) is 2.55. The highest BCUT2D eigenvalue weighted by molar-refractivity contribution is 9.10. The SMILES string of the molecule is CCCC1CCCCN1c1ccc(C(C)O)c(Br)c1. The summed E-state index contributed by atoms with van der Waals surface area (Å²) >= 11 is 3.59. The number of anilines is 1. The van der Waals surface area contributed by atoms with E-state index >= 15 is 0 Å². The molecule has 2 rings (SSSR count). The molecule has 3 heteroatoms. The predicted octanol–water partition coefficient (Wildman–Crippen LogP) is 4.66. The number of piperidine rings is 1. The summed E-state index contributed by atoms with van der Waals surface area (Å²) in [6, 6.07) is 7.04. The number of hydrogen-bond acceptors (Lipinski definition) is 2. The molecule has 0 radical (unpaired) electrons. The van der Waals surface area contributed by atoms with Crippen molar-refractivity contribution in [3.05, 3.63) is 28.2 Å². The molecule has 1 saturated heterocycles. The van der Waals surface area contributed by atoms with Gasteiger partial charge in [-0.15, -0.1) is 0 Å². The topological polar surface area (TPSA) is 23.5 Å². The smallest absolute Gasteiger partial charge is 0.0772 e. The van der Waals surface area contributed by atoms with Crippen molar-refractivity contribution in [2.45, 2.75) is 58.1 Å². The van der Waals surface area contributed by atoms with Crippen molar-refractivity contribution >= 4 is 21.6 Å². The van der Waals surface area contributed by atoms with Crippen molar-refractivity contribution < 1.29 is 5.11 Å². The molecule has 2 nitrogen and oxygen atoms in total. The fraction of sp³-hybridized carbons (Fsp3) is 0.625. The average molecular weight is 326 g/mol. The van der Waals surface area contributed by atoms with E-state index in [1.54, 1.807) is 6.92 Å². The number of benzene rings is 1. The summed E-state index contributed by atoms with van der Waals surface area (Å²) in [7, 11) is 0. The molecule has 2 unspecified atom stereocenters. The van der Waals surface area contributed by atoms with Gasteiger partial charge >= 0.3 is 0 Å². The van der Waals surface area contributed by atoms with Crippen LogP contribution < -0.4 is 4.90 Å². The van der Waals surface area contributed by atoms with Gasteiger partial charge in [0.15, 0.2) is 0 Å². The summed E-state index contributed by atoms with van der Waals surface area (Å²) < 4.78 is 1.01. The van der Waals surface area contributed by atoms with E-state index in [0.29, 0.717) is 6.04 Å². The number of hydrogen-bond donors (Lipinski definition) is 1. The Morgan fingerprint density at radius 2 is 2.21 bits per heavy atom. The molecule has 1 aliphatic heterocycles. The van der Waals surface area contributed by atoms with Crippen molar-refractivity contribution in [2.24, 2.45) is 0 Å². The van der Waals surface area contributed by atoms with Gasteiger partial charge in [-0.3, -0.25) is 0 Å². The van der Waals surface area contributed by atoms with Crippen molar-refractivity contribution in [1.29, 1.82) is 0 Å². The van der Waals surface area contributed by atoms with E-state index in [4.69, 9.17) is 0 Å². The molecule has 106 valence electrons. The molecule has 1 N–H and O–H groups in total. The van der Waals surface area contributed by atoms with E-state index in [-0.39, 0.29) is 0 Å². The highest BCUT2D eigenvalue weighted by Gasteiger charge is 2.22. The minimum atomic E-state index is -0.420. The van der Waals surface area contributed by atoms with Gasteiger partial charge < -0.3 is 10.0 Å². The third-order valence-electron chi connectivity index (χ3n) is 4.01. The first-order valence-electron chi connectivity index (χ1n) is 7.37. The van der Waals surface area contributed by atoms with Crippen molar-refractivity contribution in [1.82, 2.24) is 0 Å². The molecule has 0 saturated carbocycles. The van der Waals surface area contributed by atoms with Crippen molar-refractivity contribution in [2.75, 3.05) is 11.4 Å². The van der Waals surface area contributed by atoms with Gasteiger partial charge in [0.1, 0.15) is 0 Å². The highest BCUT2D eigenvalue weighted by atomic mass is 79.9. The fourth-order valence-electron chi connectivity index (χ4n) is 3.01. The Bertz CT molecular complexity index is 417. The van der Waals surface area contributed by atoms with Crippen LogP contribution in [0.15, 0.2) is 22.7 Å². The summed E-state index contributed by atoms with van der Waals surface area (Å²) in [6.07, 6.45) is 6.05. The zero-order valence-electron chi connectivity index (χ0n) is 11.9. The lowest BCUT2D eigenvalue weighted by Gasteiger charge is -2.38. The second kappa shape index (κ2) is 6.76. The Hall–Kier alpha value is -0.540. The predicted molar refractivity (Wildman–Crippen MR) is 84.7 cm³/mol. The molecular formula is C16H24BrNO. The molecule has 0 aliphatic carbocycles. The second-order valence-corrected chi connectivity index (χ2v) is 6.37. The first-order valence-corrected chi connectivity index (χ1v) is 8.17. The molecule has 0 aromatic heterocycles. The summed E-state index contributed by atoms with van der Waals surface area (Å²) in [5, 5.41) is 9.70. The van der Waals surface area contributed by atoms with Crippen LogP contribution in [0.3, 0.4) is 0 Å². The summed E-state index contributed by atoms with van der Waals surface area (Å²) in [6.45, 7) is 5.23. The molecular weight excluding hydrogens is 302 g/mol. The molecule has 0 bridgehead atoms. The number of rotatable bonds is 4. The quantitative estimate of drug-likeness (QED) is 0.870. The lowest BCUT2D eigenvalue weighted by atomic mass is 9.97. The van der Waals surface area contributed by atoms with Gasteiger partial charge in [-0.2, -0.15) is 0 Å². The maximum absolute atomic E-state index is 9.70. The minimum Gasteiger partial charge on any atom is -0.389 e. The van der Waals surface area contributed by atoms with Gasteiger partial charge in [0.25, 0.3) is 0 Å². The zero-order chi connectivity index (χ0) is 13.8. The van der Waals surface area contributed by atoms with Gasteiger partial charge in [0.05, 0.1) is 6.10 Å². The van der Waals surface area contributed by atoms with E-state index in [2.05, 4.69) is 39.9 Å². The molecule has 1 heterocycles. The first kappa shape index (κ1) is 14.9. The van der Waals surface area contributed by atoms with E-state index in [0.717, 1.165) is 16.6 Å². The highest BCUT2D eigenvalue weighted by Crippen LogP contribution is 2.32. The van der Waals surface area contributed by atoms with Crippen molar-refractivity contribution in [3.63, 3.8) is 0 Å². The largest absolute Gasteiger partial charge is 0.389 e. The first-order chi connectivity index (χ1) is 9.13. The lowest BCUT2D eigenvalue weighted by molar-refractivity contribution is 0.198. The van der Waals surface area contributed by atoms with Crippen LogP contribution in [0.5, 0.6) is 0 Å². The van der Waals surface area contributed by atoms with Gasteiger partial charge in [0.2, 0.25) is 0 Å². The van der Waals surface area contributed by atoms with Gasteiger partial charge in [-0.1, -0.05) is 35.3 Å². The standard InChI is InChI=1S/C16H24BrNO/c1-3-6-13-7-4-5-10-18(13)14-8-9-15(12(2)19)16(17)11-14/h8-9,11-13,19H,3-7,10H2,1-2H3. The normalized spacial score (nSPS) is 21.5. The van der Waals surface area contributed by atoms with Crippen LogP contribution in [0.1, 0.15) is 57.6 Å². The van der Waals surface area contributed by atoms with Crippen molar-refractivity contribution in [3.8, 4) is 0 Å². The molecule has 1 fully saturated rings. The number of nitrogens with zero attached hydrogens (tertiary/aromatic N) is 1. The van der Waals surface area contributed by atoms with E-state index in [9.17, 15) is 5.11 Å². The Morgan fingerprint density at radius 1 is 1.42 bits per heavy atom. The number of aliphatic hydroxyl groups is 1. The molecule has 1 aromatic rings. The zero-order valence-corrected chi connectivity index (χ0v) is 13.5. The number of aliphatic hydroxyl groups excluding tert-OH is 1. The molecule has 19 heavy (non-hydrogen) atoms. The maximum Gasteiger partial charge on any atom is 0.0772 e. The van der Waals surface area contributed by atoms with Crippen LogP contribution in [0.25, 0.3) is 0 Å². The minimum absolute atomic E-state index is 0.420. The van der Waals surface area contributed by atoms with Crippen LogP contribution in [0.4, 0.5) is 5.69 Å². The Balaban J connectivity index is 2.22. The van der Waals surface area contributed by atoms with Crippen LogP contribution in [0.2, 0.25) is 0 Å². The second-order valence-electron chi connectivity index (χ2n) is 5.51. The third kappa shape index (κ3) is 3.51.